The Morgan fingerprint density at radius 1 is 1.15 bits per heavy atom. The summed E-state index contributed by atoms with van der Waals surface area (Å²) in [6.07, 6.45) is 3.39. The highest BCUT2D eigenvalue weighted by Crippen LogP contribution is 2.33. The van der Waals surface area contributed by atoms with Crippen LogP contribution < -0.4 is 14.8 Å². The molecule has 0 saturated carbocycles. The number of rotatable bonds is 9. The quantitative estimate of drug-likeness (QED) is 0.706. The van der Waals surface area contributed by atoms with Crippen molar-refractivity contribution in [2.24, 2.45) is 0 Å². The molecule has 0 aliphatic carbocycles. The molecule has 112 valence electrons. The molecule has 4 nitrogen and oxygen atoms in total. The number of hydrogen-bond donors (Lipinski definition) is 1. The third kappa shape index (κ3) is 4.69. The maximum Gasteiger partial charge on any atom is 0.165 e. The summed E-state index contributed by atoms with van der Waals surface area (Å²) in [5.41, 5.74) is 1.16. The van der Waals surface area contributed by atoms with E-state index in [4.69, 9.17) is 14.2 Å². The van der Waals surface area contributed by atoms with Gasteiger partial charge in [0.2, 0.25) is 0 Å². The van der Waals surface area contributed by atoms with Crippen LogP contribution in [-0.4, -0.2) is 33.0 Å². The van der Waals surface area contributed by atoms with Gasteiger partial charge in [-0.15, -0.1) is 0 Å². The molecule has 0 unspecified atom stereocenters. The van der Waals surface area contributed by atoms with E-state index in [2.05, 4.69) is 18.3 Å². The lowest BCUT2D eigenvalue weighted by atomic mass is 10.1. The Kier molecular flexibility index (Phi) is 6.68. The normalized spacial score (nSPS) is 13.4. The molecule has 0 atom stereocenters. The first-order valence-electron chi connectivity index (χ1n) is 7.57. The Morgan fingerprint density at radius 3 is 2.90 bits per heavy atom. The van der Waals surface area contributed by atoms with Crippen molar-refractivity contribution >= 4 is 0 Å². The second kappa shape index (κ2) is 8.82. The molecule has 1 aliphatic heterocycles. The van der Waals surface area contributed by atoms with Crippen molar-refractivity contribution in [2.45, 2.75) is 32.7 Å². The van der Waals surface area contributed by atoms with Crippen LogP contribution in [0.5, 0.6) is 11.5 Å². The number of ether oxygens (including phenoxy) is 3. The van der Waals surface area contributed by atoms with Gasteiger partial charge >= 0.3 is 0 Å². The number of benzene rings is 1. The first-order valence-corrected chi connectivity index (χ1v) is 7.57. The van der Waals surface area contributed by atoms with Gasteiger partial charge in [0, 0.05) is 25.3 Å². The van der Waals surface area contributed by atoms with E-state index in [1.54, 1.807) is 0 Å². The van der Waals surface area contributed by atoms with Gasteiger partial charge in [0.25, 0.3) is 0 Å². The molecule has 0 bridgehead atoms. The van der Waals surface area contributed by atoms with Crippen LogP contribution in [0.25, 0.3) is 0 Å². The first-order chi connectivity index (χ1) is 9.92. The van der Waals surface area contributed by atoms with Crippen molar-refractivity contribution < 1.29 is 14.2 Å². The standard InChI is InChI=1S/C16H25NO3/c1-2-3-9-18-10-5-8-17-13-14-6-4-7-15-16(14)20-12-11-19-15/h4,6-7,17H,2-3,5,8-13H2,1H3. The average molecular weight is 279 g/mol. The van der Waals surface area contributed by atoms with Gasteiger partial charge in [0.1, 0.15) is 13.2 Å². The minimum Gasteiger partial charge on any atom is -0.486 e. The maximum atomic E-state index is 5.69. The zero-order valence-electron chi connectivity index (χ0n) is 12.3. The Hall–Kier alpha value is -1.26. The summed E-state index contributed by atoms with van der Waals surface area (Å²) in [5.74, 6) is 1.75. The fraction of sp³-hybridized carbons (Fsp3) is 0.625. The van der Waals surface area contributed by atoms with E-state index in [0.29, 0.717) is 13.2 Å². The molecule has 2 rings (SSSR count). The summed E-state index contributed by atoms with van der Waals surface area (Å²) in [6, 6.07) is 6.05. The Bertz CT molecular complexity index is 395. The van der Waals surface area contributed by atoms with Crippen LogP contribution in [0.1, 0.15) is 31.7 Å². The van der Waals surface area contributed by atoms with Crippen molar-refractivity contribution in [3.8, 4) is 11.5 Å². The predicted molar refractivity (Wildman–Crippen MR) is 79.5 cm³/mol. The van der Waals surface area contributed by atoms with Crippen LogP contribution in [0, 0.1) is 0 Å². The fourth-order valence-corrected chi connectivity index (χ4v) is 2.14. The minimum atomic E-state index is 0.634. The zero-order chi connectivity index (χ0) is 14.0. The number of fused-ring (bicyclic) bond motifs is 1. The van der Waals surface area contributed by atoms with Crippen LogP contribution in [0.3, 0.4) is 0 Å². The lowest BCUT2D eigenvalue weighted by molar-refractivity contribution is 0.128. The summed E-state index contributed by atoms with van der Waals surface area (Å²) >= 11 is 0. The van der Waals surface area contributed by atoms with Gasteiger partial charge in [-0.05, 0) is 25.5 Å². The van der Waals surface area contributed by atoms with Crippen molar-refractivity contribution in [1.82, 2.24) is 5.32 Å². The van der Waals surface area contributed by atoms with Crippen molar-refractivity contribution in [3.05, 3.63) is 23.8 Å². The molecule has 20 heavy (non-hydrogen) atoms. The van der Waals surface area contributed by atoms with Crippen molar-refractivity contribution in [3.63, 3.8) is 0 Å². The Morgan fingerprint density at radius 2 is 2.00 bits per heavy atom. The number of unbranched alkanes of at least 4 members (excludes halogenated alkanes) is 1. The molecule has 0 saturated heterocycles. The predicted octanol–water partition coefficient (Wildman–Crippen LogP) is 2.75. The van der Waals surface area contributed by atoms with E-state index < -0.39 is 0 Å². The highest BCUT2D eigenvalue weighted by atomic mass is 16.6. The van der Waals surface area contributed by atoms with Gasteiger partial charge in [-0.3, -0.25) is 0 Å². The average Bonchev–Trinajstić information content (AvgIpc) is 2.50. The van der Waals surface area contributed by atoms with Crippen LogP contribution in [0.4, 0.5) is 0 Å². The van der Waals surface area contributed by atoms with Crippen LogP contribution in [-0.2, 0) is 11.3 Å². The van der Waals surface area contributed by atoms with Gasteiger partial charge in [-0.2, -0.15) is 0 Å². The maximum absolute atomic E-state index is 5.69. The first kappa shape index (κ1) is 15.1. The SMILES string of the molecule is CCCCOCCCNCc1cccc2c1OCCO2. The summed E-state index contributed by atoms with van der Waals surface area (Å²) in [4.78, 5) is 0. The van der Waals surface area contributed by atoms with Crippen molar-refractivity contribution in [1.29, 1.82) is 0 Å². The molecule has 0 aromatic heterocycles. The summed E-state index contributed by atoms with van der Waals surface area (Å²) in [7, 11) is 0. The summed E-state index contributed by atoms with van der Waals surface area (Å²) in [5, 5.41) is 3.43. The van der Waals surface area contributed by atoms with E-state index in [-0.39, 0.29) is 0 Å². The molecule has 1 aromatic carbocycles. The van der Waals surface area contributed by atoms with Gasteiger partial charge in [-0.1, -0.05) is 25.5 Å². The molecule has 1 N–H and O–H groups in total. The second-order valence-electron chi connectivity index (χ2n) is 4.94. The van der Waals surface area contributed by atoms with Gasteiger partial charge < -0.3 is 19.5 Å². The molecule has 0 spiro atoms. The van der Waals surface area contributed by atoms with E-state index in [9.17, 15) is 0 Å². The van der Waals surface area contributed by atoms with E-state index in [1.807, 2.05) is 12.1 Å². The zero-order valence-corrected chi connectivity index (χ0v) is 12.3. The molecule has 1 heterocycles. The number of nitrogens with one attached hydrogen (secondary N) is 1. The lowest BCUT2D eigenvalue weighted by Crippen LogP contribution is -2.20. The van der Waals surface area contributed by atoms with E-state index in [1.165, 1.54) is 6.42 Å². The largest absolute Gasteiger partial charge is 0.486 e. The minimum absolute atomic E-state index is 0.634. The third-order valence-corrected chi connectivity index (χ3v) is 3.25. The Balaban J connectivity index is 1.64. The monoisotopic (exact) mass is 279 g/mol. The third-order valence-electron chi connectivity index (χ3n) is 3.25. The van der Waals surface area contributed by atoms with Crippen molar-refractivity contribution in [2.75, 3.05) is 33.0 Å². The fourth-order valence-electron chi connectivity index (χ4n) is 2.14. The van der Waals surface area contributed by atoms with Gasteiger partial charge in [0.05, 0.1) is 0 Å². The highest BCUT2D eigenvalue weighted by molar-refractivity contribution is 5.47. The number of para-hydroxylation sites is 1. The smallest absolute Gasteiger partial charge is 0.165 e. The molecule has 0 radical (unpaired) electrons. The van der Waals surface area contributed by atoms with Gasteiger partial charge in [-0.25, -0.2) is 0 Å². The number of hydrogen-bond acceptors (Lipinski definition) is 4. The Labute approximate surface area is 121 Å². The topological polar surface area (TPSA) is 39.7 Å². The van der Waals surface area contributed by atoms with E-state index >= 15 is 0 Å². The molecule has 0 fully saturated rings. The second-order valence-corrected chi connectivity index (χ2v) is 4.94. The van der Waals surface area contributed by atoms with Crippen LogP contribution >= 0.6 is 0 Å². The molecular formula is C16H25NO3. The molecule has 1 aromatic rings. The molecule has 1 aliphatic rings. The van der Waals surface area contributed by atoms with Gasteiger partial charge in [0.15, 0.2) is 11.5 Å². The molecule has 0 amide bonds. The summed E-state index contributed by atoms with van der Waals surface area (Å²) in [6.45, 7) is 6.93. The van der Waals surface area contributed by atoms with Crippen LogP contribution in [0.15, 0.2) is 18.2 Å². The lowest BCUT2D eigenvalue weighted by Gasteiger charge is -2.21. The highest BCUT2D eigenvalue weighted by Gasteiger charge is 2.14. The summed E-state index contributed by atoms with van der Waals surface area (Å²) < 4.78 is 16.8. The van der Waals surface area contributed by atoms with Crippen LogP contribution in [0.2, 0.25) is 0 Å². The molecular weight excluding hydrogens is 254 g/mol. The van der Waals surface area contributed by atoms with E-state index in [0.717, 1.165) is 56.2 Å². The molecule has 4 heteroatoms.